The van der Waals surface area contributed by atoms with Crippen molar-refractivity contribution in [1.82, 2.24) is 0 Å². The molecule has 0 aromatic carbocycles. The maximum atomic E-state index is 14.1. The lowest BCUT2D eigenvalue weighted by Crippen LogP contribution is -2.70. The van der Waals surface area contributed by atoms with Crippen molar-refractivity contribution in [2.75, 3.05) is 13.2 Å². The fourth-order valence-corrected chi connectivity index (χ4v) is 2.91. The van der Waals surface area contributed by atoms with Crippen molar-refractivity contribution < 1.29 is 111 Å². The first-order valence-corrected chi connectivity index (χ1v) is 10.5. The molecule has 0 aromatic heterocycles. The van der Waals surface area contributed by atoms with Gasteiger partial charge in [-0.25, -0.2) is 13.6 Å². The Hall–Kier alpha value is -2.37. The van der Waals surface area contributed by atoms with Gasteiger partial charge in [-0.2, -0.15) is 87.8 Å². The monoisotopic (exact) mass is 708 g/mol. The Labute approximate surface area is 229 Å². The van der Waals surface area contributed by atoms with E-state index in [0.29, 0.717) is 6.92 Å². The topological polar surface area (TPSA) is 35.5 Å². The summed E-state index contributed by atoms with van der Waals surface area (Å²) in [5, 5.41) is 0. The SMILES string of the molecule is C=C(C)C(=O)OC(COCCC(F)(F)C(F)(F)C(F)(C(F)(F)F)C(F)(F)F)CC(F)(F)C(F)(F)C(F)(C(F)(F)F)C(F)(F)F. The highest BCUT2D eigenvalue weighted by Gasteiger charge is 2.91. The fraction of sp³-hybridized carbons (Fsp3) is 0.842. The van der Waals surface area contributed by atoms with E-state index in [1.165, 1.54) is 0 Å². The number of hydrogen-bond acceptors (Lipinski definition) is 3. The van der Waals surface area contributed by atoms with Crippen LogP contribution >= 0.6 is 0 Å². The molecule has 44 heavy (non-hydrogen) atoms. The molecule has 0 fully saturated rings. The summed E-state index contributed by atoms with van der Waals surface area (Å²) < 4.78 is 297. The maximum Gasteiger partial charge on any atom is 0.438 e. The number of alkyl halides is 22. The number of halogens is 22. The molecule has 0 aliphatic rings. The molecule has 0 aliphatic heterocycles. The van der Waals surface area contributed by atoms with Crippen LogP contribution in [0.1, 0.15) is 19.8 Å². The first-order chi connectivity index (χ1) is 18.9. The summed E-state index contributed by atoms with van der Waals surface area (Å²) in [6, 6.07) is 0. The normalized spacial score (nSPS) is 16.2. The summed E-state index contributed by atoms with van der Waals surface area (Å²) in [5.41, 5.74) is -16.9. The van der Waals surface area contributed by atoms with Crippen molar-refractivity contribution >= 4 is 5.97 Å². The average molecular weight is 708 g/mol. The second-order valence-corrected chi connectivity index (χ2v) is 8.70. The summed E-state index contributed by atoms with van der Waals surface area (Å²) in [7, 11) is 0. The minimum Gasteiger partial charge on any atom is -0.456 e. The molecule has 0 bridgehead atoms. The number of hydrogen-bond donors (Lipinski definition) is 0. The van der Waals surface area contributed by atoms with Crippen LogP contribution in [0, 0.1) is 0 Å². The standard InChI is InChI=1S/C19H14F22O3/c1-7(2)9(42)44-8(5-11(22,23)15(28,29)13(25,18(36,37)38)19(39,40)41)6-43-4-3-10(20,21)14(26,27)12(24,16(30,31)32)17(33,34)35/h8H,1,3-6H2,2H3. The zero-order chi connectivity index (χ0) is 36.0. The minimum atomic E-state index is -8.01. The van der Waals surface area contributed by atoms with Crippen LogP contribution in [0.2, 0.25) is 0 Å². The molecule has 3 nitrogen and oxygen atoms in total. The van der Waals surface area contributed by atoms with Gasteiger partial charge in [-0.3, -0.25) is 0 Å². The fourth-order valence-electron chi connectivity index (χ4n) is 2.91. The van der Waals surface area contributed by atoms with E-state index in [4.69, 9.17) is 0 Å². The van der Waals surface area contributed by atoms with Crippen molar-refractivity contribution in [3.63, 3.8) is 0 Å². The zero-order valence-corrected chi connectivity index (χ0v) is 20.7. The highest BCUT2D eigenvalue weighted by molar-refractivity contribution is 5.87. The predicted molar refractivity (Wildman–Crippen MR) is 96.4 cm³/mol. The van der Waals surface area contributed by atoms with E-state index in [9.17, 15) is 101 Å². The maximum absolute atomic E-state index is 14.1. The third-order valence-electron chi connectivity index (χ3n) is 5.32. The van der Waals surface area contributed by atoms with E-state index in [2.05, 4.69) is 16.1 Å². The lowest BCUT2D eigenvalue weighted by molar-refractivity contribution is -0.428. The molecule has 25 heteroatoms. The molecule has 1 unspecified atom stereocenters. The summed E-state index contributed by atoms with van der Waals surface area (Å²) in [6.45, 7) is -1.22. The number of carbonyl (C=O) groups excluding carboxylic acids is 1. The van der Waals surface area contributed by atoms with Crippen LogP contribution in [0.3, 0.4) is 0 Å². The van der Waals surface area contributed by atoms with Gasteiger partial charge in [0.15, 0.2) is 0 Å². The molecular formula is C19H14F22O3. The molecular weight excluding hydrogens is 694 g/mol. The van der Waals surface area contributed by atoms with Gasteiger partial charge in [0, 0.05) is 12.0 Å². The van der Waals surface area contributed by atoms with Gasteiger partial charge in [0.05, 0.1) is 19.6 Å². The second-order valence-electron chi connectivity index (χ2n) is 8.70. The van der Waals surface area contributed by atoms with Gasteiger partial charge in [0.2, 0.25) is 0 Å². The molecule has 0 rings (SSSR count). The average Bonchev–Trinajstić information content (AvgIpc) is 2.76. The Bertz CT molecular complexity index is 990. The van der Waals surface area contributed by atoms with Crippen LogP contribution in [-0.4, -0.2) is 85.0 Å². The lowest BCUT2D eigenvalue weighted by atomic mass is 9.88. The largest absolute Gasteiger partial charge is 0.456 e. The molecule has 0 saturated carbocycles. The Morgan fingerprint density at radius 1 is 0.591 bits per heavy atom. The van der Waals surface area contributed by atoms with Gasteiger partial charge in [-0.05, 0) is 6.92 Å². The van der Waals surface area contributed by atoms with Crippen molar-refractivity contribution in [1.29, 1.82) is 0 Å². The smallest absolute Gasteiger partial charge is 0.438 e. The van der Waals surface area contributed by atoms with E-state index in [1.54, 1.807) is 0 Å². The van der Waals surface area contributed by atoms with Crippen molar-refractivity contribution in [2.45, 2.75) is 85.6 Å². The molecule has 0 aliphatic carbocycles. The van der Waals surface area contributed by atoms with Crippen LogP contribution in [-0.2, 0) is 14.3 Å². The number of esters is 1. The van der Waals surface area contributed by atoms with E-state index in [0.717, 1.165) is 0 Å². The van der Waals surface area contributed by atoms with Crippen LogP contribution < -0.4 is 0 Å². The summed E-state index contributed by atoms with van der Waals surface area (Å²) in [4.78, 5) is 11.5. The van der Waals surface area contributed by atoms with Gasteiger partial charge in [-0.1, -0.05) is 6.58 Å². The Kier molecular flexibility index (Phi) is 11.4. The van der Waals surface area contributed by atoms with Gasteiger partial charge in [0.25, 0.3) is 0 Å². The number of rotatable bonds is 13. The third kappa shape index (κ3) is 7.20. The quantitative estimate of drug-likeness (QED) is 0.0834. The zero-order valence-electron chi connectivity index (χ0n) is 20.7. The predicted octanol–water partition coefficient (Wildman–Crippen LogP) is 8.48. The Balaban J connectivity index is 6.28. The third-order valence-corrected chi connectivity index (χ3v) is 5.32. The van der Waals surface area contributed by atoms with E-state index < -0.39 is 103 Å². The highest BCUT2D eigenvalue weighted by Crippen LogP contribution is 2.61. The molecule has 0 radical (unpaired) electrons. The highest BCUT2D eigenvalue weighted by atomic mass is 19.4. The van der Waals surface area contributed by atoms with Crippen molar-refractivity contribution in [3.05, 3.63) is 12.2 Å². The Morgan fingerprint density at radius 3 is 1.20 bits per heavy atom. The second kappa shape index (κ2) is 12.1. The molecule has 1 atom stereocenters. The van der Waals surface area contributed by atoms with Gasteiger partial charge < -0.3 is 9.47 Å². The summed E-state index contributed by atoms with van der Waals surface area (Å²) in [5.74, 6) is -31.1. The summed E-state index contributed by atoms with van der Waals surface area (Å²) >= 11 is 0. The summed E-state index contributed by atoms with van der Waals surface area (Å²) in [6.07, 6.45) is -40.9. The molecule has 0 heterocycles. The van der Waals surface area contributed by atoms with Gasteiger partial charge in [-0.15, -0.1) is 0 Å². The molecule has 0 saturated heterocycles. The molecule has 0 amide bonds. The van der Waals surface area contributed by atoms with Crippen LogP contribution in [0.5, 0.6) is 0 Å². The first kappa shape index (κ1) is 41.6. The van der Waals surface area contributed by atoms with Crippen molar-refractivity contribution in [3.8, 4) is 0 Å². The lowest BCUT2D eigenvalue weighted by Gasteiger charge is -2.40. The van der Waals surface area contributed by atoms with E-state index in [1.807, 2.05) is 0 Å². The van der Waals surface area contributed by atoms with Gasteiger partial charge >= 0.3 is 65.7 Å². The van der Waals surface area contributed by atoms with E-state index in [-0.39, 0.29) is 0 Å². The molecule has 0 aromatic rings. The number of carbonyl (C=O) groups is 1. The van der Waals surface area contributed by atoms with Gasteiger partial charge in [0.1, 0.15) is 6.10 Å². The number of ether oxygens (including phenoxy) is 2. The Morgan fingerprint density at radius 2 is 0.909 bits per heavy atom. The van der Waals surface area contributed by atoms with Crippen LogP contribution in [0.25, 0.3) is 0 Å². The molecule has 0 N–H and O–H groups in total. The molecule has 0 spiro atoms. The minimum absolute atomic E-state index is 0.625. The van der Waals surface area contributed by atoms with Crippen LogP contribution in [0.15, 0.2) is 12.2 Å². The van der Waals surface area contributed by atoms with Crippen LogP contribution in [0.4, 0.5) is 96.6 Å². The van der Waals surface area contributed by atoms with E-state index >= 15 is 0 Å². The first-order valence-electron chi connectivity index (χ1n) is 10.5. The molecule has 262 valence electrons. The van der Waals surface area contributed by atoms with Crippen molar-refractivity contribution in [2.24, 2.45) is 0 Å².